The monoisotopic (exact) mass is 675 g/mol. The molecule has 258 valence electrons. The third kappa shape index (κ3) is 5.51. The Balaban J connectivity index is 1.17. The van der Waals surface area contributed by atoms with Crippen LogP contribution >= 0.6 is 0 Å². The summed E-state index contributed by atoms with van der Waals surface area (Å²) in [6, 6.07) is 15.6. The van der Waals surface area contributed by atoms with E-state index >= 15 is 0 Å². The number of aromatic nitrogens is 3. The Morgan fingerprint density at radius 3 is 2.28 bits per heavy atom. The first-order valence-electron chi connectivity index (χ1n) is 16.8. The van der Waals surface area contributed by atoms with Crippen LogP contribution in [0, 0.1) is 13.8 Å². The molecule has 2 amide bonds. The maximum Gasteiger partial charge on any atom is 0.329 e. The van der Waals surface area contributed by atoms with Gasteiger partial charge in [0.2, 0.25) is 11.8 Å². The minimum absolute atomic E-state index is 0.00848. The predicted octanol–water partition coefficient (Wildman–Crippen LogP) is 4.54. The van der Waals surface area contributed by atoms with Crippen LogP contribution < -0.4 is 26.0 Å². The number of benzene rings is 3. The molecular formula is C39H41N5O6. The van der Waals surface area contributed by atoms with Gasteiger partial charge in [-0.25, -0.2) is 4.79 Å². The molecule has 2 aromatic heterocycles. The largest absolute Gasteiger partial charge is 0.496 e. The van der Waals surface area contributed by atoms with E-state index in [4.69, 9.17) is 9.47 Å². The summed E-state index contributed by atoms with van der Waals surface area (Å²) in [6.45, 7) is 6.03. The van der Waals surface area contributed by atoms with Gasteiger partial charge in [0.05, 0.1) is 30.8 Å². The van der Waals surface area contributed by atoms with Gasteiger partial charge in [0, 0.05) is 63.0 Å². The zero-order chi connectivity index (χ0) is 35.4. The molecule has 2 aliphatic rings. The fourth-order valence-corrected chi connectivity index (χ4v) is 7.60. The lowest BCUT2D eigenvalue weighted by Crippen LogP contribution is -2.44. The lowest BCUT2D eigenvalue weighted by molar-refractivity contribution is -0.135. The number of amides is 2. The molecule has 11 nitrogen and oxygen atoms in total. The number of imidazole rings is 1. The van der Waals surface area contributed by atoms with Crippen molar-refractivity contribution in [2.24, 2.45) is 14.1 Å². The maximum absolute atomic E-state index is 13.5. The van der Waals surface area contributed by atoms with Crippen molar-refractivity contribution in [3.8, 4) is 33.8 Å². The number of methoxy groups -OCH3 is 2. The number of nitrogens with zero attached hydrogens (tertiary/aromatic N) is 4. The van der Waals surface area contributed by atoms with E-state index in [0.29, 0.717) is 24.0 Å². The SMILES string of the molecule is COc1cc(-c2cn(C)c(=O)c(C)c2C)cc(OC)c1CN1CCc2cc(-c3cccc4c3n(C)c(=O)n4C3CCC(=O)NC3=O)ccc2C1. The van der Waals surface area contributed by atoms with Gasteiger partial charge in [0.25, 0.3) is 5.56 Å². The Hall–Kier alpha value is -5.42. The van der Waals surface area contributed by atoms with Crippen molar-refractivity contribution in [3.63, 3.8) is 0 Å². The summed E-state index contributed by atoms with van der Waals surface area (Å²) >= 11 is 0. The summed E-state index contributed by atoms with van der Waals surface area (Å²) in [5.41, 5.74) is 10.0. The number of ether oxygens (including phenoxy) is 2. The van der Waals surface area contributed by atoms with E-state index in [0.717, 1.165) is 69.9 Å². The van der Waals surface area contributed by atoms with Gasteiger partial charge in [-0.1, -0.05) is 30.3 Å². The summed E-state index contributed by atoms with van der Waals surface area (Å²) in [5.74, 6) is 0.705. The molecule has 0 bridgehead atoms. The van der Waals surface area contributed by atoms with E-state index < -0.39 is 11.9 Å². The van der Waals surface area contributed by atoms with E-state index in [9.17, 15) is 19.2 Å². The maximum atomic E-state index is 13.5. The molecule has 0 spiro atoms. The average Bonchev–Trinajstić information content (AvgIpc) is 3.37. The van der Waals surface area contributed by atoms with Crippen LogP contribution in [0.4, 0.5) is 0 Å². The topological polar surface area (TPSA) is 117 Å². The molecule has 1 unspecified atom stereocenters. The number of para-hydroxylation sites is 1. The van der Waals surface area contributed by atoms with E-state index in [1.165, 1.54) is 15.7 Å². The number of piperidine rings is 1. The number of hydrogen-bond donors (Lipinski definition) is 1. The third-order valence-corrected chi connectivity index (χ3v) is 10.5. The van der Waals surface area contributed by atoms with Crippen molar-refractivity contribution in [1.29, 1.82) is 0 Å². The summed E-state index contributed by atoms with van der Waals surface area (Å²) in [7, 11) is 6.83. The number of carbonyl (C=O) groups excluding carboxylic acids is 2. The Morgan fingerprint density at radius 2 is 1.58 bits per heavy atom. The molecule has 50 heavy (non-hydrogen) atoms. The van der Waals surface area contributed by atoms with Gasteiger partial charge in [-0.05, 0) is 72.7 Å². The molecule has 2 aliphatic heterocycles. The highest BCUT2D eigenvalue weighted by atomic mass is 16.5. The van der Waals surface area contributed by atoms with Crippen LogP contribution in [0.3, 0.4) is 0 Å². The van der Waals surface area contributed by atoms with Crippen LogP contribution in [0.2, 0.25) is 0 Å². The number of fused-ring (bicyclic) bond motifs is 2. The number of aryl methyl sites for hydroxylation is 2. The minimum Gasteiger partial charge on any atom is -0.496 e. The van der Waals surface area contributed by atoms with Crippen LogP contribution in [0.25, 0.3) is 33.3 Å². The molecule has 0 aliphatic carbocycles. The first kappa shape index (κ1) is 33.1. The lowest BCUT2D eigenvalue weighted by Gasteiger charge is -2.30. The quantitative estimate of drug-likeness (QED) is 0.252. The van der Waals surface area contributed by atoms with E-state index in [2.05, 4.69) is 28.4 Å². The van der Waals surface area contributed by atoms with Gasteiger partial charge in [0.15, 0.2) is 0 Å². The van der Waals surface area contributed by atoms with Crippen molar-refractivity contribution in [2.75, 3.05) is 20.8 Å². The summed E-state index contributed by atoms with van der Waals surface area (Å²) in [5, 5.41) is 2.38. The van der Waals surface area contributed by atoms with Gasteiger partial charge in [-0.2, -0.15) is 0 Å². The van der Waals surface area contributed by atoms with Crippen LogP contribution in [0.15, 0.2) is 64.3 Å². The molecule has 1 fully saturated rings. The fourth-order valence-electron chi connectivity index (χ4n) is 7.60. The Labute approximate surface area is 289 Å². The lowest BCUT2D eigenvalue weighted by atomic mass is 9.93. The molecule has 1 N–H and O–H groups in total. The van der Waals surface area contributed by atoms with Gasteiger partial charge in [0.1, 0.15) is 17.5 Å². The molecule has 1 atom stereocenters. The van der Waals surface area contributed by atoms with Crippen LogP contribution in [-0.2, 0) is 43.2 Å². The van der Waals surface area contributed by atoms with Crippen molar-refractivity contribution >= 4 is 22.8 Å². The second-order valence-electron chi connectivity index (χ2n) is 13.4. The Bertz CT molecular complexity index is 2310. The van der Waals surface area contributed by atoms with E-state index in [1.54, 1.807) is 37.4 Å². The van der Waals surface area contributed by atoms with Gasteiger partial charge >= 0.3 is 5.69 Å². The third-order valence-electron chi connectivity index (χ3n) is 10.5. The normalized spacial score (nSPS) is 16.4. The summed E-state index contributed by atoms with van der Waals surface area (Å²) < 4.78 is 16.6. The fraction of sp³-hybridized carbons (Fsp3) is 0.333. The molecule has 4 heterocycles. The Morgan fingerprint density at radius 1 is 0.840 bits per heavy atom. The molecule has 5 aromatic rings. The smallest absolute Gasteiger partial charge is 0.329 e. The average molecular weight is 676 g/mol. The molecule has 0 radical (unpaired) electrons. The molecule has 0 saturated carbocycles. The zero-order valence-corrected chi connectivity index (χ0v) is 29.3. The number of carbonyl (C=O) groups is 2. The minimum atomic E-state index is -0.732. The van der Waals surface area contributed by atoms with Crippen LogP contribution in [0.5, 0.6) is 11.5 Å². The van der Waals surface area contributed by atoms with Crippen LogP contribution in [-0.4, -0.2) is 51.2 Å². The number of hydrogen-bond acceptors (Lipinski definition) is 7. The van der Waals surface area contributed by atoms with Gasteiger partial charge in [-0.15, -0.1) is 0 Å². The highest BCUT2D eigenvalue weighted by molar-refractivity contribution is 6.01. The molecule has 7 rings (SSSR count). The summed E-state index contributed by atoms with van der Waals surface area (Å²) in [4.78, 5) is 52.9. The van der Waals surface area contributed by atoms with Crippen LogP contribution in [0.1, 0.15) is 46.7 Å². The highest BCUT2D eigenvalue weighted by Gasteiger charge is 2.32. The molecule has 1 saturated heterocycles. The van der Waals surface area contributed by atoms with E-state index in [1.807, 2.05) is 50.4 Å². The second-order valence-corrected chi connectivity index (χ2v) is 13.4. The first-order valence-corrected chi connectivity index (χ1v) is 16.8. The highest BCUT2D eigenvalue weighted by Crippen LogP contribution is 2.38. The Kier molecular flexibility index (Phi) is 8.47. The second kappa shape index (κ2) is 12.8. The zero-order valence-electron chi connectivity index (χ0n) is 29.3. The van der Waals surface area contributed by atoms with Crippen molar-refractivity contribution in [1.82, 2.24) is 23.9 Å². The number of rotatable bonds is 7. The number of pyridine rings is 1. The molecular weight excluding hydrogens is 634 g/mol. The molecule has 3 aromatic carbocycles. The van der Waals surface area contributed by atoms with Crippen molar-refractivity contribution in [2.45, 2.75) is 52.2 Å². The predicted molar refractivity (Wildman–Crippen MR) is 192 cm³/mol. The van der Waals surface area contributed by atoms with Crippen molar-refractivity contribution < 1.29 is 19.1 Å². The van der Waals surface area contributed by atoms with Gasteiger partial charge in [-0.3, -0.25) is 33.7 Å². The number of nitrogens with one attached hydrogen (secondary N) is 1. The van der Waals surface area contributed by atoms with Gasteiger partial charge < -0.3 is 14.0 Å². The van der Waals surface area contributed by atoms with E-state index in [-0.39, 0.29) is 23.6 Å². The number of imide groups is 1. The van der Waals surface area contributed by atoms with Crippen molar-refractivity contribution in [3.05, 3.63) is 103 Å². The standard InChI is InChI=1S/C39H41N5O6/c1-22-23(2)38(47)41(3)20-29(22)27-17-33(49-5)30(34(18-27)50-6)21-43-15-14-24-16-25(10-11-26(24)19-43)28-8-7-9-31-36(28)42(4)39(48)44(31)32-12-13-35(45)40-37(32)46/h7-11,16-18,20,32H,12-15,19,21H2,1-6H3,(H,40,45,46). The summed E-state index contributed by atoms with van der Waals surface area (Å²) in [6.07, 6.45) is 3.19. The first-order chi connectivity index (χ1) is 24.0. The molecule has 11 heteroatoms.